The van der Waals surface area contributed by atoms with Gasteiger partial charge in [0.05, 0.1) is 0 Å². The fourth-order valence-electron chi connectivity index (χ4n) is 4.36. The first-order chi connectivity index (χ1) is 9.88. The SMILES string of the molecule is C1=CC(N2C[C@H]3CCN[C@H]3C2)CC(NC2CCCC2)=N1. The van der Waals surface area contributed by atoms with Crippen LogP contribution in [0.2, 0.25) is 0 Å². The summed E-state index contributed by atoms with van der Waals surface area (Å²) in [6.45, 7) is 3.71. The van der Waals surface area contributed by atoms with Gasteiger partial charge in [-0.2, -0.15) is 0 Å². The van der Waals surface area contributed by atoms with Gasteiger partial charge in [0.15, 0.2) is 0 Å². The fourth-order valence-corrected chi connectivity index (χ4v) is 4.36. The number of hydrogen-bond acceptors (Lipinski definition) is 4. The molecular formula is C16H26N4. The van der Waals surface area contributed by atoms with Gasteiger partial charge in [0, 0.05) is 43.8 Å². The molecule has 3 heterocycles. The van der Waals surface area contributed by atoms with Gasteiger partial charge in [-0.25, -0.2) is 4.99 Å². The first kappa shape index (κ1) is 12.8. The summed E-state index contributed by atoms with van der Waals surface area (Å²) in [5, 5.41) is 7.32. The third-order valence-electron chi connectivity index (χ3n) is 5.53. The standard InChI is InChI=1S/C16H26N4/c1-2-4-13(3-1)19-16-9-14(6-8-18-16)20-10-12-5-7-17-15(12)11-20/h6,8,12-15,17H,1-5,7,9-11H2,(H,18,19)/t12-,14?,15+/m1/s1. The highest BCUT2D eigenvalue weighted by Crippen LogP contribution is 2.28. The largest absolute Gasteiger partial charge is 0.371 e. The van der Waals surface area contributed by atoms with E-state index in [4.69, 9.17) is 0 Å². The molecule has 1 aliphatic carbocycles. The fraction of sp³-hybridized carbons (Fsp3) is 0.812. The molecule has 0 bridgehead atoms. The van der Waals surface area contributed by atoms with Crippen molar-refractivity contribution in [1.29, 1.82) is 0 Å². The number of nitrogens with one attached hydrogen (secondary N) is 2. The molecule has 1 unspecified atom stereocenters. The predicted molar refractivity (Wildman–Crippen MR) is 81.8 cm³/mol. The van der Waals surface area contributed by atoms with Gasteiger partial charge in [-0.05, 0) is 37.8 Å². The maximum absolute atomic E-state index is 4.57. The second kappa shape index (κ2) is 5.49. The molecule has 3 aliphatic heterocycles. The van der Waals surface area contributed by atoms with E-state index in [9.17, 15) is 0 Å². The van der Waals surface area contributed by atoms with Gasteiger partial charge in [-0.3, -0.25) is 4.90 Å². The average Bonchev–Trinajstić information content (AvgIpc) is 3.14. The molecule has 3 fully saturated rings. The molecule has 2 saturated heterocycles. The third-order valence-corrected chi connectivity index (χ3v) is 5.53. The van der Waals surface area contributed by atoms with E-state index < -0.39 is 0 Å². The lowest BCUT2D eigenvalue weighted by Crippen LogP contribution is -2.42. The van der Waals surface area contributed by atoms with Crippen molar-refractivity contribution in [2.45, 2.75) is 56.7 Å². The molecule has 4 nitrogen and oxygen atoms in total. The van der Waals surface area contributed by atoms with Crippen molar-refractivity contribution >= 4 is 5.84 Å². The summed E-state index contributed by atoms with van der Waals surface area (Å²) in [5.41, 5.74) is 0. The van der Waals surface area contributed by atoms with E-state index in [0.717, 1.165) is 18.4 Å². The molecule has 0 aromatic rings. The van der Waals surface area contributed by atoms with Crippen LogP contribution < -0.4 is 10.6 Å². The van der Waals surface area contributed by atoms with Crippen LogP contribution in [0.5, 0.6) is 0 Å². The summed E-state index contributed by atoms with van der Waals surface area (Å²) in [7, 11) is 0. The molecule has 4 aliphatic rings. The third kappa shape index (κ3) is 2.51. The van der Waals surface area contributed by atoms with E-state index in [1.807, 2.05) is 6.20 Å². The molecular weight excluding hydrogens is 248 g/mol. The lowest BCUT2D eigenvalue weighted by molar-refractivity contribution is 0.266. The molecule has 4 heteroatoms. The first-order valence-electron chi connectivity index (χ1n) is 8.36. The summed E-state index contributed by atoms with van der Waals surface area (Å²) >= 11 is 0. The van der Waals surface area contributed by atoms with Crippen molar-refractivity contribution in [1.82, 2.24) is 15.5 Å². The van der Waals surface area contributed by atoms with Crippen LogP contribution in [0.4, 0.5) is 0 Å². The predicted octanol–water partition coefficient (Wildman–Crippen LogP) is 1.50. The van der Waals surface area contributed by atoms with Crippen LogP contribution >= 0.6 is 0 Å². The summed E-state index contributed by atoms with van der Waals surface area (Å²) in [6.07, 6.45) is 12.2. The van der Waals surface area contributed by atoms with Gasteiger partial charge in [0.25, 0.3) is 0 Å². The normalized spacial score (nSPS) is 38.2. The van der Waals surface area contributed by atoms with Crippen LogP contribution in [0.25, 0.3) is 0 Å². The zero-order valence-corrected chi connectivity index (χ0v) is 12.2. The van der Waals surface area contributed by atoms with Crippen molar-refractivity contribution in [2.75, 3.05) is 19.6 Å². The van der Waals surface area contributed by atoms with Crippen LogP contribution in [-0.2, 0) is 0 Å². The monoisotopic (exact) mass is 274 g/mol. The number of aliphatic imine (C=N–C) groups is 1. The van der Waals surface area contributed by atoms with E-state index in [2.05, 4.69) is 26.6 Å². The molecule has 1 saturated carbocycles. The highest BCUT2D eigenvalue weighted by atomic mass is 15.2. The molecule has 0 radical (unpaired) electrons. The second-order valence-corrected chi connectivity index (χ2v) is 6.88. The maximum atomic E-state index is 4.57. The molecule has 3 atom stereocenters. The summed E-state index contributed by atoms with van der Waals surface area (Å²) in [4.78, 5) is 7.23. The molecule has 2 N–H and O–H groups in total. The Hall–Kier alpha value is -0.870. The second-order valence-electron chi connectivity index (χ2n) is 6.88. The summed E-state index contributed by atoms with van der Waals surface area (Å²) < 4.78 is 0. The van der Waals surface area contributed by atoms with Gasteiger partial charge in [-0.15, -0.1) is 0 Å². The molecule has 0 amide bonds. The lowest BCUT2D eigenvalue weighted by atomic mass is 10.1. The molecule has 0 aromatic heterocycles. The minimum absolute atomic E-state index is 0.559. The topological polar surface area (TPSA) is 39.7 Å². The Bertz CT molecular complexity index is 399. The van der Waals surface area contributed by atoms with Crippen LogP contribution in [0.1, 0.15) is 38.5 Å². The van der Waals surface area contributed by atoms with Crippen LogP contribution in [0.3, 0.4) is 0 Å². The smallest absolute Gasteiger partial charge is 0.104 e. The number of amidine groups is 1. The Morgan fingerprint density at radius 3 is 2.95 bits per heavy atom. The minimum atomic E-state index is 0.559. The van der Waals surface area contributed by atoms with E-state index in [1.165, 1.54) is 57.6 Å². The molecule has 0 spiro atoms. The zero-order valence-electron chi connectivity index (χ0n) is 12.2. The number of likely N-dealkylation sites (tertiary alicyclic amines) is 1. The van der Waals surface area contributed by atoms with Crippen LogP contribution in [-0.4, -0.2) is 48.5 Å². The van der Waals surface area contributed by atoms with Gasteiger partial charge < -0.3 is 10.6 Å². The summed E-state index contributed by atoms with van der Waals surface area (Å²) in [5.74, 6) is 2.10. The molecule has 0 aromatic carbocycles. The molecule has 20 heavy (non-hydrogen) atoms. The number of nitrogens with zero attached hydrogens (tertiary/aromatic N) is 2. The quantitative estimate of drug-likeness (QED) is 0.801. The molecule has 4 rings (SSSR count). The average molecular weight is 274 g/mol. The van der Waals surface area contributed by atoms with E-state index in [-0.39, 0.29) is 0 Å². The maximum Gasteiger partial charge on any atom is 0.104 e. The highest BCUT2D eigenvalue weighted by Gasteiger charge is 2.38. The number of fused-ring (bicyclic) bond motifs is 1. The minimum Gasteiger partial charge on any atom is -0.371 e. The van der Waals surface area contributed by atoms with E-state index in [1.54, 1.807) is 0 Å². The first-order valence-corrected chi connectivity index (χ1v) is 8.36. The van der Waals surface area contributed by atoms with Crippen molar-refractivity contribution in [3.63, 3.8) is 0 Å². The number of hydrogen-bond donors (Lipinski definition) is 2. The van der Waals surface area contributed by atoms with E-state index >= 15 is 0 Å². The van der Waals surface area contributed by atoms with Crippen molar-refractivity contribution in [2.24, 2.45) is 10.9 Å². The van der Waals surface area contributed by atoms with Crippen LogP contribution in [0, 0.1) is 5.92 Å². The Kier molecular flexibility index (Phi) is 3.52. The van der Waals surface area contributed by atoms with E-state index in [0.29, 0.717) is 12.1 Å². The Balaban J connectivity index is 1.34. The Labute approximate surface area is 121 Å². The number of rotatable bonds is 2. The van der Waals surface area contributed by atoms with Gasteiger partial charge in [0.1, 0.15) is 5.84 Å². The zero-order chi connectivity index (χ0) is 13.4. The van der Waals surface area contributed by atoms with Crippen molar-refractivity contribution in [3.8, 4) is 0 Å². The highest BCUT2D eigenvalue weighted by molar-refractivity contribution is 5.84. The van der Waals surface area contributed by atoms with Crippen molar-refractivity contribution in [3.05, 3.63) is 12.3 Å². The van der Waals surface area contributed by atoms with Gasteiger partial charge in [0.2, 0.25) is 0 Å². The Morgan fingerprint density at radius 1 is 1.20 bits per heavy atom. The van der Waals surface area contributed by atoms with Gasteiger partial charge in [-0.1, -0.05) is 12.8 Å². The van der Waals surface area contributed by atoms with Crippen molar-refractivity contribution < 1.29 is 0 Å². The van der Waals surface area contributed by atoms with Crippen LogP contribution in [0.15, 0.2) is 17.3 Å². The van der Waals surface area contributed by atoms with Gasteiger partial charge >= 0.3 is 0 Å². The lowest BCUT2D eigenvalue weighted by Gasteiger charge is -2.29. The molecule has 110 valence electrons. The Morgan fingerprint density at radius 2 is 2.10 bits per heavy atom. The summed E-state index contributed by atoms with van der Waals surface area (Å²) in [6, 6.07) is 1.98.